The molecule has 0 amide bonds. The molecule has 0 aromatic carbocycles. The first-order valence-electron chi connectivity index (χ1n) is 3.77. The largest absolute Gasteiger partial charge is 0.466 e. The van der Waals surface area contributed by atoms with Crippen LogP contribution in [-0.2, 0) is 19.1 Å². The molecule has 4 nitrogen and oxygen atoms in total. The van der Waals surface area contributed by atoms with E-state index in [9.17, 15) is 9.59 Å². The lowest BCUT2D eigenvalue weighted by molar-refractivity contribution is -0.148. The summed E-state index contributed by atoms with van der Waals surface area (Å²) in [5.74, 6) is -0.744. The molecule has 1 rings (SSSR count). The number of ether oxygens (including phenoxy) is 2. The molecule has 0 aromatic rings. The minimum absolute atomic E-state index is 0.107. The third-order valence-corrected chi connectivity index (χ3v) is 1.39. The van der Waals surface area contributed by atoms with Crippen LogP contribution < -0.4 is 0 Å². The van der Waals surface area contributed by atoms with Crippen molar-refractivity contribution in [2.24, 2.45) is 0 Å². The van der Waals surface area contributed by atoms with Crippen molar-refractivity contribution in [1.29, 1.82) is 0 Å². The van der Waals surface area contributed by atoms with Gasteiger partial charge in [-0.25, -0.2) is 4.79 Å². The topological polar surface area (TPSA) is 52.6 Å². The van der Waals surface area contributed by atoms with E-state index in [1.54, 1.807) is 13.0 Å². The van der Waals surface area contributed by atoms with Crippen molar-refractivity contribution in [3.8, 4) is 0 Å². The molecule has 0 unspecified atom stereocenters. The second-order valence-electron chi connectivity index (χ2n) is 2.34. The van der Waals surface area contributed by atoms with Gasteiger partial charge in [0.2, 0.25) is 0 Å². The van der Waals surface area contributed by atoms with Gasteiger partial charge in [-0.05, 0) is 13.0 Å². The van der Waals surface area contributed by atoms with Gasteiger partial charge in [0.15, 0.2) is 0 Å². The second-order valence-corrected chi connectivity index (χ2v) is 2.34. The van der Waals surface area contributed by atoms with Crippen LogP contribution in [0.15, 0.2) is 12.2 Å². The first-order chi connectivity index (χ1) is 5.72. The Hall–Kier alpha value is -1.32. The Morgan fingerprint density at radius 1 is 1.75 bits per heavy atom. The van der Waals surface area contributed by atoms with Crippen molar-refractivity contribution >= 4 is 11.9 Å². The molecule has 12 heavy (non-hydrogen) atoms. The van der Waals surface area contributed by atoms with Gasteiger partial charge in [-0.3, -0.25) is 4.79 Å². The molecule has 0 spiro atoms. The smallest absolute Gasteiger partial charge is 0.331 e. The summed E-state index contributed by atoms with van der Waals surface area (Å²) in [5.41, 5.74) is 0. The van der Waals surface area contributed by atoms with Crippen molar-refractivity contribution in [3.63, 3.8) is 0 Å². The second kappa shape index (κ2) is 3.90. The molecule has 0 bridgehead atoms. The Bertz CT molecular complexity index is 219. The average Bonchev–Trinajstić information content (AvgIpc) is 2.36. The molecular formula is C8H10O4. The van der Waals surface area contributed by atoms with Gasteiger partial charge in [0.05, 0.1) is 13.0 Å². The third-order valence-electron chi connectivity index (χ3n) is 1.39. The fourth-order valence-electron chi connectivity index (χ4n) is 0.908. The molecule has 1 heterocycles. The summed E-state index contributed by atoms with van der Waals surface area (Å²) in [4.78, 5) is 21.4. The monoisotopic (exact) mass is 170 g/mol. The molecule has 1 atom stereocenters. The van der Waals surface area contributed by atoms with Crippen LogP contribution in [0.25, 0.3) is 0 Å². The summed E-state index contributed by atoms with van der Waals surface area (Å²) in [5, 5.41) is 0. The molecule has 0 radical (unpaired) electrons. The van der Waals surface area contributed by atoms with Gasteiger partial charge in [-0.1, -0.05) is 0 Å². The highest BCUT2D eigenvalue weighted by Gasteiger charge is 2.20. The van der Waals surface area contributed by atoms with E-state index in [0.29, 0.717) is 6.61 Å². The molecule has 66 valence electrons. The Labute approximate surface area is 70.1 Å². The Balaban J connectivity index is 2.28. The van der Waals surface area contributed by atoms with Gasteiger partial charge in [0, 0.05) is 6.08 Å². The van der Waals surface area contributed by atoms with Gasteiger partial charge >= 0.3 is 11.9 Å². The lowest BCUT2D eigenvalue weighted by Gasteiger charge is -2.06. The SMILES string of the molecule is CCOC(=O)C[C@@H]1C=CC(=O)O1. The highest BCUT2D eigenvalue weighted by molar-refractivity contribution is 5.85. The zero-order valence-corrected chi connectivity index (χ0v) is 6.78. The number of rotatable bonds is 3. The minimum Gasteiger partial charge on any atom is -0.466 e. The molecule has 4 heteroatoms. The van der Waals surface area contributed by atoms with Crippen LogP contribution in [0, 0.1) is 0 Å². The first-order valence-corrected chi connectivity index (χ1v) is 3.77. The van der Waals surface area contributed by atoms with Gasteiger partial charge in [-0.15, -0.1) is 0 Å². The molecule has 0 N–H and O–H groups in total. The Morgan fingerprint density at radius 2 is 2.50 bits per heavy atom. The van der Waals surface area contributed by atoms with Gasteiger partial charge < -0.3 is 9.47 Å². The minimum atomic E-state index is -0.434. The maximum absolute atomic E-state index is 10.9. The number of carbonyl (C=O) groups is 2. The zero-order chi connectivity index (χ0) is 8.97. The molecular weight excluding hydrogens is 160 g/mol. The number of hydrogen-bond acceptors (Lipinski definition) is 4. The quantitative estimate of drug-likeness (QED) is 0.576. The molecule has 1 aliphatic heterocycles. The summed E-state index contributed by atoms with van der Waals surface area (Å²) in [6.45, 7) is 2.08. The maximum Gasteiger partial charge on any atom is 0.331 e. The van der Waals surface area contributed by atoms with E-state index in [2.05, 4.69) is 4.74 Å². The van der Waals surface area contributed by atoms with Crippen LogP contribution in [0.5, 0.6) is 0 Å². The van der Waals surface area contributed by atoms with Gasteiger partial charge in [-0.2, -0.15) is 0 Å². The number of hydrogen-bond donors (Lipinski definition) is 0. The summed E-state index contributed by atoms with van der Waals surface area (Å²) in [7, 11) is 0. The predicted octanol–water partition coefficient (Wildman–Crippen LogP) is 0.421. The lowest BCUT2D eigenvalue weighted by atomic mass is 10.2. The molecule has 0 saturated carbocycles. The standard InChI is InChI=1S/C8H10O4/c1-2-11-8(10)5-6-3-4-7(9)12-6/h3-4,6H,2,5H2,1H3/t6-/m0/s1. The predicted molar refractivity (Wildman–Crippen MR) is 40.3 cm³/mol. The van der Waals surface area contributed by atoms with Crippen LogP contribution in [0.4, 0.5) is 0 Å². The summed E-state index contributed by atoms with van der Waals surface area (Å²) in [6, 6.07) is 0. The summed E-state index contributed by atoms with van der Waals surface area (Å²) >= 11 is 0. The van der Waals surface area contributed by atoms with Crippen LogP contribution in [-0.4, -0.2) is 24.6 Å². The molecule has 0 fully saturated rings. The molecule has 0 aliphatic carbocycles. The first kappa shape index (κ1) is 8.77. The zero-order valence-electron chi connectivity index (χ0n) is 6.78. The van der Waals surface area contributed by atoms with E-state index in [1.807, 2.05) is 0 Å². The van der Waals surface area contributed by atoms with Crippen molar-refractivity contribution in [3.05, 3.63) is 12.2 Å². The van der Waals surface area contributed by atoms with E-state index >= 15 is 0 Å². The Kier molecular flexibility index (Phi) is 2.85. The highest BCUT2D eigenvalue weighted by atomic mass is 16.6. The third kappa shape index (κ3) is 2.38. The number of esters is 2. The average molecular weight is 170 g/mol. The Morgan fingerprint density at radius 3 is 3.00 bits per heavy atom. The fourth-order valence-corrected chi connectivity index (χ4v) is 0.908. The van der Waals surface area contributed by atoms with Crippen molar-refractivity contribution in [1.82, 2.24) is 0 Å². The lowest BCUT2D eigenvalue weighted by Crippen LogP contribution is -2.15. The van der Waals surface area contributed by atoms with E-state index < -0.39 is 12.1 Å². The van der Waals surface area contributed by atoms with Crippen molar-refractivity contribution in [2.75, 3.05) is 6.61 Å². The van der Waals surface area contributed by atoms with Crippen LogP contribution in [0.2, 0.25) is 0 Å². The van der Waals surface area contributed by atoms with E-state index in [1.165, 1.54) is 6.08 Å². The van der Waals surface area contributed by atoms with Gasteiger partial charge in [0.25, 0.3) is 0 Å². The van der Waals surface area contributed by atoms with E-state index in [0.717, 1.165) is 0 Å². The fraction of sp³-hybridized carbons (Fsp3) is 0.500. The van der Waals surface area contributed by atoms with Crippen LogP contribution in [0.1, 0.15) is 13.3 Å². The normalized spacial score (nSPS) is 20.8. The number of cyclic esters (lactones) is 1. The maximum atomic E-state index is 10.9. The molecule has 1 aliphatic rings. The van der Waals surface area contributed by atoms with Crippen LogP contribution >= 0.6 is 0 Å². The van der Waals surface area contributed by atoms with Crippen molar-refractivity contribution in [2.45, 2.75) is 19.4 Å². The molecule has 0 saturated heterocycles. The summed E-state index contributed by atoms with van der Waals surface area (Å²) < 4.78 is 9.40. The summed E-state index contributed by atoms with van der Waals surface area (Å²) in [6.07, 6.45) is 2.54. The van der Waals surface area contributed by atoms with Gasteiger partial charge in [0.1, 0.15) is 6.10 Å². The van der Waals surface area contributed by atoms with Crippen molar-refractivity contribution < 1.29 is 19.1 Å². The van der Waals surface area contributed by atoms with E-state index in [4.69, 9.17) is 4.74 Å². The molecule has 0 aromatic heterocycles. The highest BCUT2D eigenvalue weighted by Crippen LogP contribution is 2.09. The van der Waals surface area contributed by atoms with E-state index in [-0.39, 0.29) is 12.4 Å². The van der Waals surface area contributed by atoms with Crippen LogP contribution in [0.3, 0.4) is 0 Å². The number of carbonyl (C=O) groups excluding carboxylic acids is 2.